The van der Waals surface area contributed by atoms with Gasteiger partial charge in [0, 0.05) is 31.1 Å². The Labute approximate surface area is 199 Å². The number of carbonyl (C=O) groups excluding carboxylic acids is 1. The maximum absolute atomic E-state index is 13.0. The van der Waals surface area contributed by atoms with Crippen LogP contribution in [0.5, 0.6) is 0 Å². The van der Waals surface area contributed by atoms with E-state index < -0.39 is 0 Å². The van der Waals surface area contributed by atoms with Crippen LogP contribution in [0.1, 0.15) is 36.2 Å². The molecule has 0 spiro atoms. The highest BCUT2D eigenvalue weighted by Crippen LogP contribution is 2.34. The first-order valence-electron chi connectivity index (χ1n) is 12.0. The molecule has 4 nitrogen and oxygen atoms in total. The van der Waals surface area contributed by atoms with Crippen molar-refractivity contribution in [3.63, 3.8) is 0 Å². The number of hydrogen-bond donors (Lipinski definition) is 0. The first kappa shape index (κ1) is 20.7. The van der Waals surface area contributed by atoms with Crippen molar-refractivity contribution in [2.45, 2.75) is 32.2 Å². The van der Waals surface area contributed by atoms with Crippen LogP contribution >= 0.6 is 0 Å². The number of anilines is 1. The number of imidazole rings is 1. The Kier molecular flexibility index (Phi) is 5.14. The molecule has 2 heterocycles. The van der Waals surface area contributed by atoms with Crippen LogP contribution in [0.2, 0.25) is 0 Å². The minimum absolute atomic E-state index is 0.0613. The number of carbonyl (C=O) groups is 1. The molecule has 34 heavy (non-hydrogen) atoms. The number of amides is 1. The molecule has 1 saturated heterocycles. The molecule has 4 aromatic carbocycles. The second-order valence-corrected chi connectivity index (χ2v) is 9.15. The fourth-order valence-corrected chi connectivity index (χ4v) is 5.13. The fourth-order valence-electron chi connectivity index (χ4n) is 5.13. The van der Waals surface area contributed by atoms with Gasteiger partial charge in [-0.1, -0.05) is 67.6 Å². The zero-order valence-electron chi connectivity index (χ0n) is 19.3. The van der Waals surface area contributed by atoms with Crippen molar-refractivity contribution in [1.82, 2.24) is 9.55 Å². The predicted octanol–water partition coefficient (Wildman–Crippen LogP) is 6.32. The highest BCUT2D eigenvalue weighted by Gasteiger charge is 2.34. The first-order chi connectivity index (χ1) is 16.7. The molecule has 0 aliphatic carbocycles. The standard InChI is InChI=1S/C30H27N3O/c1-2-21-12-15-26(16-13-21)32-20-25(18-29(32)34)30-31-27-9-5-6-10-28(27)33(30)19-22-11-14-23-7-3-4-8-24(23)17-22/h3-17,25H,2,18-20H2,1H3. The van der Waals surface area contributed by atoms with Gasteiger partial charge in [-0.2, -0.15) is 0 Å². The lowest BCUT2D eigenvalue weighted by Gasteiger charge is -2.18. The number of aromatic nitrogens is 2. The third-order valence-electron chi connectivity index (χ3n) is 6.99. The second kappa shape index (κ2) is 8.45. The van der Waals surface area contributed by atoms with Crippen molar-refractivity contribution < 1.29 is 4.79 Å². The van der Waals surface area contributed by atoms with Crippen molar-refractivity contribution in [3.8, 4) is 0 Å². The van der Waals surface area contributed by atoms with Gasteiger partial charge in [0.25, 0.3) is 0 Å². The average Bonchev–Trinajstić information content (AvgIpc) is 3.44. The van der Waals surface area contributed by atoms with Crippen LogP contribution in [0.15, 0.2) is 91.0 Å². The van der Waals surface area contributed by atoms with Crippen LogP contribution < -0.4 is 4.90 Å². The molecule has 0 radical (unpaired) electrons. The summed E-state index contributed by atoms with van der Waals surface area (Å²) in [5, 5.41) is 2.48. The maximum atomic E-state index is 13.0. The zero-order valence-corrected chi connectivity index (χ0v) is 19.3. The largest absolute Gasteiger partial charge is 0.323 e. The summed E-state index contributed by atoms with van der Waals surface area (Å²) in [6.45, 7) is 3.54. The molecule has 1 unspecified atom stereocenters. The molecule has 0 N–H and O–H groups in total. The maximum Gasteiger partial charge on any atom is 0.227 e. The molecule has 1 aliphatic heterocycles. The van der Waals surface area contributed by atoms with Crippen molar-refractivity contribution in [1.29, 1.82) is 0 Å². The van der Waals surface area contributed by atoms with E-state index in [1.807, 2.05) is 11.0 Å². The van der Waals surface area contributed by atoms with Gasteiger partial charge in [0.2, 0.25) is 5.91 Å². The number of aryl methyl sites for hydroxylation is 1. The summed E-state index contributed by atoms with van der Waals surface area (Å²) in [4.78, 5) is 20.0. The Bertz CT molecular complexity index is 1500. The second-order valence-electron chi connectivity index (χ2n) is 9.15. The summed E-state index contributed by atoms with van der Waals surface area (Å²) in [5.41, 5.74) is 5.59. The molecule has 1 aliphatic rings. The van der Waals surface area contributed by atoms with Crippen LogP contribution in [0, 0.1) is 0 Å². The van der Waals surface area contributed by atoms with Gasteiger partial charge in [0.1, 0.15) is 5.82 Å². The lowest BCUT2D eigenvalue weighted by molar-refractivity contribution is -0.117. The number of para-hydroxylation sites is 2. The zero-order chi connectivity index (χ0) is 23.1. The van der Waals surface area contributed by atoms with E-state index in [1.54, 1.807) is 0 Å². The third kappa shape index (κ3) is 3.65. The molecule has 5 aromatic rings. The van der Waals surface area contributed by atoms with Crippen LogP contribution in [0.4, 0.5) is 5.69 Å². The monoisotopic (exact) mass is 445 g/mol. The summed E-state index contributed by atoms with van der Waals surface area (Å²) in [6.07, 6.45) is 1.48. The Morgan fingerprint density at radius 3 is 2.41 bits per heavy atom. The molecule has 168 valence electrons. The minimum Gasteiger partial charge on any atom is -0.323 e. The van der Waals surface area contributed by atoms with E-state index in [4.69, 9.17) is 4.98 Å². The van der Waals surface area contributed by atoms with Gasteiger partial charge < -0.3 is 9.47 Å². The number of benzene rings is 4. The van der Waals surface area contributed by atoms with E-state index >= 15 is 0 Å². The molecular formula is C30H27N3O. The minimum atomic E-state index is 0.0613. The summed E-state index contributed by atoms with van der Waals surface area (Å²) >= 11 is 0. The van der Waals surface area contributed by atoms with Gasteiger partial charge in [-0.05, 0) is 58.7 Å². The molecule has 1 fully saturated rings. The highest BCUT2D eigenvalue weighted by atomic mass is 16.2. The molecule has 6 rings (SSSR count). The normalized spacial score (nSPS) is 16.1. The van der Waals surface area contributed by atoms with E-state index in [0.717, 1.165) is 35.5 Å². The quantitative estimate of drug-likeness (QED) is 0.317. The molecular weight excluding hydrogens is 418 g/mol. The van der Waals surface area contributed by atoms with Gasteiger partial charge in [-0.25, -0.2) is 4.98 Å². The predicted molar refractivity (Wildman–Crippen MR) is 138 cm³/mol. The summed E-state index contributed by atoms with van der Waals surface area (Å²) < 4.78 is 2.31. The van der Waals surface area contributed by atoms with Crippen molar-refractivity contribution in [2.75, 3.05) is 11.4 Å². The summed E-state index contributed by atoms with van der Waals surface area (Å²) in [7, 11) is 0. The fraction of sp³-hybridized carbons (Fsp3) is 0.200. The van der Waals surface area contributed by atoms with Crippen molar-refractivity contribution >= 4 is 33.4 Å². The summed E-state index contributed by atoms with van der Waals surface area (Å²) in [6, 6.07) is 31.7. The number of fused-ring (bicyclic) bond motifs is 2. The van der Waals surface area contributed by atoms with Crippen LogP contribution in [0.25, 0.3) is 21.8 Å². The Morgan fingerprint density at radius 1 is 0.853 bits per heavy atom. The number of rotatable bonds is 5. The lowest BCUT2D eigenvalue weighted by atomic mass is 10.1. The Morgan fingerprint density at radius 2 is 1.59 bits per heavy atom. The first-order valence-corrected chi connectivity index (χ1v) is 12.0. The Balaban J connectivity index is 1.36. The Hall–Kier alpha value is -3.92. The van der Waals surface area contributed by atoms with Gasteiger partial charge in [0.05, 0.1) is 11.0 Å². The number of nitrogens with zero attached hydrogens (tertiary/aromatic N) is 3. The van der Waals surface area contributed by atoms with Crippen LogP contribution in [-0.2, 0) is 17.8 Å². The van der Waals surface area contributed by atoms with Crippen molar-refractivity contribution in [3.05, 3.63) is 108 Å². The van der Waals surface area contributed by atoms with E-state index in [1.165, 1.54) is 21.9 Å². The highest BCUT2D eigenvalue weighted by molar-refractivity contribution is 5.96. The SMILES string of the molecule is CCc1ccc(N2CC(c3nc4ccccc4n3Cc3ccc4ccccc4c3)CC2=O)cc1. The van der Waals surface area contributed by atoms with Crippen LogP contribution in [0.3, 0.4) is 0 Å². The third-order valence-corrected chi connectivity index (χ3v) is 6.99. The molecule has 1 atom stereocenters. The molecule has 1 amide bonds. The molecule has 0 bridgehead atoms. The van der Waals surface area contributed by atoms with Gasteiger partial charge >= 0.3 is 0 Å². The average molecular weight is 446 g/mol. The van der Waals surface area contributed by atoms with E-state index in [-0.39, 0.29) is 11.8 Å². The van der Waals surface area contributed by atoms with Crippen molar-refractivity contribution in [2.24, 2.45) is 0 Å². The lowest BCUT2D eigenvalue weighted by Crippen LogP contribution is -2.24. The van der Waals surface area contributed by atoms with Gasteiger partial charge in [-0.15, -0.1) is 0 Å². The molecule has 0 saturated carbocycles. The molecule has 4 heteroatoms. The van der Waals surface area contributed by atoms with Crippen LogP contribution in [-0.4, -0.2) is 22.0 Å². The van der Waals surface area contributed by atoms with E-state index in [2.05, 4.69) is 96.4 Å². The van der Waals surface area contributed by atoms with E-state index in [9.17, 15) is 4.79 Å². The topological polar surface area (TPSA) is 38.1 Å². The van der Waals surface area contributed by atoms with Gasteiger partial charge in [-0.3, -0.25) is 4.79 Å². The summed E-state index contributed by atoms with van der Waals surface area (Å²) in [5.74, 6) is 1.22. The molecule has 1 aromatic heterocycles. The number of hydrogen-bond acceptors (Lipinski definition) is 2. The van der Waals surface area contributed by atoms with E-state index in [0.29, 0.717) is 13.0 Å². The smallest absolute Gasteiger partial charge is 0.227 e. The van der Waals surface area contributed by atoms with Gasteiger partial charge in [0.15, 0.2) is 0 Å².